The second-order valence-corrected chi connectivity index (χ2v) is 13.7. The molecule has 0 spiro atoms. The minimum Gasteiger partial charge on any atom is -0.344 e. The fourth-order valence-corrected chi connectivity index (χ4v) is 7.45. The first-order valence-corrected chi connectivity index (χ1v) is 15.9. The fourth-order valence-electron chi connectivity index (χ4n) is 4.51. The van der Waals surface area contributed by atoms with Gasteiger partial charge in [-0.25, -0.2) is 13.4 Å². The van der Waals surface area contributed by atoms with Crippen molar-refractivity contribution in [3.05, 3.63) is 34.7 Å². The highest BCUT2D eigenvalue weighted by molar-refractivity contribution is 8.04. The van der Waals surface area contributed by atoms with Gasteiger partial charge in [0.25, 0.3) is 15.9 Å². The van der Waals surface area contributed by atoms with Gasteiger partial charge in [-0.3, -0.25) is 14.4 Å². The Hall–Kier alpha value is -2.41. The topological polar surface area (TPSA) is 125 Å². The molecule has 2 heterocycles. The third-order valence-corrected chi connectivity index (χ3v) is 10.6. The van der Waals surface area contributed by atoms with Gasteiger partial charge in [-0.15, -0.1) is 22.7 Å². The molecule has 38 heavy (non-hydrogen) atoms. The molecular weight excluding hydrogens is 545 g/mol. The summed E-state index contributed by atoms with van der Waals surface area (Å²) < 4.78 is 28.5. The molecule has 2 aromatic heterocycles. The number of likely N-dealkylation sites (N-methyl/N-ethyl adjacent to an activating group) is 1. The van der Waals surface area contributed by atoms with Gasteiger partial charge in [0.15, 0.2) is 5.78 Å². The van der Waals surface area contributed by atoms with Crippen molar-refractivity contribution in [1.29, 1.82) is 0 Å². The van der Waals surface area contributed by atoms with E-state index >= 15 is 0 Å². The summed E-state index contributed by atoms with van der Waals surface area (Å²) >= 11 is 2.95. The molecule has 1 saturated carbocycles. The van der Waals surface area contributed by atoms with Crippen molar-refractivity contribution < 1.29 is 22.8 Å². The third-order valence-electron chi connectivity index (χ3n) is 6.70. The Morgan fingerprint density at radius 1 is 1.21 bits per heavy atom. The van der Waals surface area contributed by atoms with Gasteiger partial charge in [-0.1, -0.05) is 38.7 Å². The first-order valence-electron chi connectivity index (χ1n) is 12.8. The summed E-state index contributed by atoms with van der Waals surface area (Å²) in [6.07, 6.45) is 7.44. The zero-order valence-corrected chi connectivity index (χ0v) is 24.7. The summed E-state index contributed by atoms with van der Waals surface area (Å²) in [7, 11) is -2.60. The molecule has 2 aromatic rings. The van der Waals surface area contributed by atoms with E-state index in [1.807, 2.05) is 24.4 Å². The predicted molar refractivity (Wildman–Crippen MR) is 154 cm³/mol. The number of hydrogen-bond acceptors (Lipinski definition) is 8. The van der Waals surface area contributed by atoms with Crippen LogP contribution < -0.4 is 10.6 Å². The first-order chi connectivity index (χ1) is 18.0. The van der Waals surface area contributed by atoms with Crippen LogP contribution in [0.15, 0.2) is 34.8 Å². The number of Topliss-reactive ketones (excluding diaryl/α,β-unsaturated/α-hetero) is 1. The number of aliphatic imine (C=N–C) groups is 1. The van der Waals surface area contributed by atoms with Crippen LogP contribution >= 0.6 is 22.7 Å². The maximum Gasteiger partial charge on any atom is 0.262 e. The second-order valence-electron chi connectivity index (χ2n) is 9.53. The van der Waals surface area contributed by atoms with Crippen molar-refractivity contribution in [3.8, 4) is 0 Å². The van der Waals surface area contributed by atoms with Crippen LogP contribution in [-0.2, 0) is 19.6 Å². The summed E-state index contributed by atoms with van der Waals surface area (Å²) in [4.78, 5) is 44.5. The van der Waals surface area contributed by atoms with Gasteiger partial charge >= 0.3 is 0 Å². The van der Waals surface area contributed by atoms with E-state index in [1.165, 1.54) is 31.5 Å². The standard InChI is InChI=1S/C26H36N4O5S3/c1-5-10-19(20(31)17-30(4)38(34,35)18(3)27-14-6-2)28-25(33)26(12-8-7-9-13-26)29-24(32)23-16-22-21(37-23)11-15-36-22/h6,11,14-16,19H,5,7-10,12-13,17H2,1-4H3,(H,28,33)(H,29,32)/b14-6-,27-18?. The summed E-state index contributed by atoms with van der Waals surface area (Å²) in [5, 5.41) is 7.73. The smallest absolute Gasteiger partial charge is 0.262 e. The Morgan fingerprint density at radius 3 is 2.55 bits per heavy atom. The molecule has 1 aliphatic rings. The maximum atomic E-state index is 13.7. The van der Waals surface area contributed by atoms with E-state index in [2.05, 4.69) is 15.6 Å². The molecule has 3 rings (SSSR count). The molecule has 0 aromatic carbocycles. The van der Waals surface area contributed by atoms with Crippen LogP contribution in [0.1, 0.15) is 75.4 Å². The van der Waals surface area contributed by atoms with Gasteiger partial charge in [0, 0.05) is 22.6 Å². The normalized spacial score (nSPS) is 17.1. The van der Waals surface area contributed by atoms with Crippen LogP contribution in [0.4, 0.5) is 0 Å². The van der Waals surface area contributed by atoms with Crippen LogP contribution in [-0.4, -0.2) is 60.5 Å². The summed E-state index contributed by atoms with van der Waals surface area (Å²) in [6, 6.07) is 2.94. The van der Waals surface area contributed by atoms with E-state index in [0.29, 0.717) is 30.6 Å². The fraction of sp³-hybridized carbons (Fsp3) is 0.538. The molecule has 0 aliphatic heterocycles. The second kappa shape index (κ2) is 13.1. The predicted octanol–water partition coefficient (Wildman–Crippen LogP) is 4.46. The Bertz CT molecular complexity index is 1290. The van der Waals surface area contributed by atoms with Crippen molar-refractivity contribution in [2.24, 2.45) is 4.99 Å². The number of fused-ring (bicyclic) bond motifs is 1. The molecule has 12 heteroatoms. The highest BCUT2D eigenvalue weighted by atomic mass is 32.2. The average molecular weight is 581 g/mol. The highest BCUT2D eigenvalue weighted by Crippen LogP contribution is 2.33. The van der Waals surface area contributed by atoms with Gasteiger partial charge in [0.2, 0.25) is 5.91 Å². The minimum absolute atomic E-state index is 0.126. The van der Waals surface area contributed by atoms with Crippen LogP contribution in [0.2, 0.25) is 0 Å². The number of nitrogens with one attached hydrogen (secondary N) is 2. The van der Waals surface area contributed by atoms with Gasteiger partial charge in [0.05, 0.1) is 17.5 Å². The number of carbonyl (C=O) groups is 3. The van der Waals surface area contributed by atoms with Crippen molar-refractivity contribution in [1.82, 2.24) is 14.9 Å². The molecule has 0 saturated heterocycles. The molecule has 1 unspecified atom stereocenters. The maximum absolute atomic E-state index is 13.7. The highest BCUT2D eigenvalue weighted by Gasteiger charge is 2.42. The lowest BCUT2D eigenvalue weighted by atomic mass is 9.80. The van der Waals surface area contributed by atoms with E-state index in [-0.39, 0.29) is 11.0 Å². The lowest BCUT2D eigenvalue weighted by molar-refractivity contribution is -0.133. The quantitative estimate of drug-likeness (QED) is 0.300. The molecule has 2 N–H and O–H groups in total. The minimum atomic E-state index is -3.93. The van der Waals surface area contributed by atoms with Gasteiger partial charge in [-0.2, -0.15) is 4.31 Å². The van der Waals surface area contributed by atoms with Crippen LogP contribution in [0.5, 0.6) is 0 Å². The lowest BCUT2D eigenvalue weighted by Crippen LogP contribution is -2.62. The van der Waals surface area contributed by atoms with Crippen molar-refractivity contribution in [2.75, 3.05) is 13.6 Å². The van der Waals surface area contributed by atoms with Gasteiger partial charge in [-0.05, 0) is 50.6 Å². The number of nitrogens with zero attached hydrogens (tertiary/aromatic N) is 2. The average Bonchev–Trinajstić information content (AvgIpc) is 3.50. The number of hydrogen-bond donors (Lipinski definition) is 2. The first kappa shape index (κ1) is 30.1. The number of thiophene rings is 2. The Kier molecular flexibility index (Phi) is 10.4. The summed E-state index contributed by atoms with van der Waals surface area (Å²) in [5.41, 5.74) is -1.12. The molecule has 9 nitrogen and oxygen atoms in total. The SMILES string of the molecule is C/C=C\N=C(C)S(=O)(=O)N(C)CC(=O)C(CCC)NC(=O)C1(NC(=O)c2cc3sccc3s2)CCCCC1. The van der Waals surface area contributed by atoms with Crippen molar-refractivity contribution >= 4 is 64.7 Å². The lowest BCUT2D eigenvalue weighted by Gasteiger charge is -2.37. The van der Waals surface area contributed by atoms with Crippen molar-refractivity contribution in [3.63, 3.8) is 0 Å². The van der Waals surface area contributed by atoms with Crippen LogP contribution in [0, 0.1) is 0 Å². The summed E-state index contributed by atoms with van der Waals surface area (Å²) in [6.45, 7) is 4.58. The number of sulfonamides is 1. The molecule has 1 fully saturated rings. The third kappa shape index (κ3) is 6.96. The Morgan fingerprint density at radius 2 is 1.92 bits per heavy atom. The van der Waals surface area contributed by atoms with E-state index in [4.69, 9.17) is 0 Å². The van der Waals surface area contributed by atoms with Crippen LogP contribution in [0.3, 0.4) is 0 Å². The van der Waals surface area contributed by atoms with E-state index in [0.717, 1.165) is 33.0 Å². The number of allylic oxidation sites excluding steroid dienone is 1. The monoisotopic (exact) mass is 580 g/mol. The molecule has 2 amide bonds. The number of amides is 2. The van der Waals surface area contributed by atoms with E-state index in [9.17, 15) is 22.8 Å². The van der Waals surface area contributed by atoms with Crippen LogP contribution in [0.25, 0.3) is 9.40 Å². The number of rotatable bonds is 11. The molecule has 208 valence electrons. The number of ketones is 1. The molecule has 1 aliphatic carbocycles. The van der Waals surface area contributed by atoms with Gasteiger partial charge in [0.1, 0.15) is 10.6 Å². The molecular formula is C26H36N4O5S3. The molecule has 0 radical (unpaired) electrons. The van der Waals surface area contributed by atoms with Crippen molar-refractivity contribution in [2.45, 2.75) is 77.3 Å². The Balaban J connectivity index is 1.76. The van der Waals surface area contributed by atoms with E-state index in [1.54, 1.807) is 24.3 Å². The molecule has 0 bridgehead atoms. The zero-order chi connectivity index (χ0) is 27.9. The molecule has 1 atom stereocenters. The zero-order valence-electron chi connectivity index (χ0n) is 22.3. The largest absolute Gasteiger partial charge is 0.344 e. The van der Waals surface area contributed by atoms with Gasteiger partial charge < -0.3 is 10.6 Å². The summed E-state index contributed by atoms with van der Waals surface area (Å²) in [5.74, 6) is -1.11. The number of carbonyl (C=O) groups excluding carboxylic acids is 3. The van der Waals surface area contributed by atoms with E-state index < -0.39 is 39.8 Å². The Labute approximate surface area is 232 Å².